The lowest BCUT2D eigenvalue weighted by molar-refractivity contribution is -0.180. The van der Waals surface area contributed by atoms with Crippen LogP contribution in [0.2, 0.25) is 0 Å². The van der Waals surface area contributed by atoms with Gasteiger partial charge in [-0.15, -0.1) is 0 Å². The number of fused-ring (bicyclic) bond motifs is 1. The summed E-state index contributed by atoms with van der Waals surface area (Å²) < 4.78 is 67.3. The van der Waals surface area contributed by atoms with Crippen LogP contribution in [0.5, 0.6) is 0 Å². The second kappa shape index (κ2) is 6.61. The molecule has 4 nitrogen and oxygen atoms in total. The van der Waals surface area contributed by atoms with E-state index in [1.807, 2.05) is 6.08 Å². The minimum atomic E-state index is -4.45. The summed E-state index contributed by atoms with van der Waals surface area (Å²) in [6.07, 6.45) is 1.16. The second-order valence-corrected chi connectivity index (χ2v) is 9.39. The Bertz CT molecular complexity index is 591. The maximum Gasteiger partial charge on any atom is 0.393 e. The molecule has 8 heteroatoms. The molecule has 0 bridgehead atoms. The SMILES string of the molecule is CC1C[C@H]2CN(S(=O)(=O)C3CCCCC3C(F)(F)F)C/C=C\CN12. The van der Waals surface area contributed by atoms with Gasteiger partial charge >= 0.3 is 6.18 Å². The van der Waals surface area contributed by atoms with E-state index in [2.05, 4.69) is 11.8 Å². The van der Waals surface area contributed by atoms with Crippen molar-refractivity contribution in [2.45, 2.75) is 62.5 Å². The van der Waals surface area contributed by atoms with E-state index < -0.39 is 27.4 Å². The summed E-state index contributed by atoms with van der Waals surface area (Å²) in [5, 5.41) is -1.33. The molecule has 0 N–H and O–H groups in total. The molecule has 2 heterocycles. The molecule has 2 fully saturated rings. The third-order valence-corrected chi connectivity index (χ3v) is 8.07. The van der Waals surface area contributed by atoms with Gasteiger partial charge in [-0.3, -0.25) is 4.90 Å². The van der Waals surface area contributed by atoms with Crippen molar-refractivity contribution in [1.82, 2.24) is 9.21 Å². The maximum atomic E-state index is 13.3. The Hall–Kier alpha value is -0.600. The Morgan fingerprint density at radius 3 is 2.42 bits per heavy atom. The predicted molar refractivity (Wildman–Crippen MR) is 86.0 cm³/mol. The lowest BCUT2D eigenvalue weighted by Gasteiger charge is -2.49. The Morgan fingerprint density at radius 1 is 1.08 bits per heavy atom. The molecule has 0 radical (unpaired) electrons. The first-order valence-corrected chi connectivity index (χ1v) is 10.2. The van der Waals surface area contributed by atoms with Crippen LogP contribution in [0.4, 0.5) is 13.2 Å². The van der Waals surface area contributed by atoms with Gasteiger partial charge in [0.15, 0.2) is 0 Å². The van der Waals surface area contributed by atoms with Gasteiger partial charge in [0.05, 0.1) is 11.2 Å². The van der Waals surface area contributed by atoms with Crippen molar-refractivity contribution in [3.63, 3.8) is 0 Å². The van der Waals surface area contributed by atoms with Gasteiger partial charge in [-0.2, -0.15) is 17.5 Å². The standard InChI is InChI=1S/C16H25F3N2O2S/c1-12-10-13-11-20(8-4-5-9-21(12)13)24(22,23)15-7-3-2-6-14(15)16(17,18)19/h4-5,12-15H,2-3,6-11H2,1H3/b5-4-/t12?,13-,14?,15?/m0/s1. The second-order valence-electron chi connectivity index (χ2n) is 7.24. The van der Waals surface area contributed by atoms with E-state index >= 15 is 0 Å². The number of alkyl halides is 3. The van der Waals surface area contributed by atoms with Crippen LogP contribution in [0.15, 0.2) is 12.2 Å². The van der Waals surface area contributed by atoms with Crippen molar-refractivity contribution in [2.24, 2.45) is 5.92 Å². The molecule has 138 valence electrons. The summed E-state index contributed by atoms with van der Waals surface area (Å²) in [4.78, 5) is 2.21. The fourth-order valence-electron chi connectivity index (χ4n) is 4.32. The Morgan fingerprint density at radius 2 is 1.75 bits per heavy atom. The molecule has 1 saturated carbocycles. The normalized spacial score (nSPS) is 37.8. The minimum Gasteiger partial charge on any atom is -0.293 e. The Labute approximate surface area is 141 Å². The molecule has 0 spiro atoms. The average Bonchev–Trinajstić information content (AvgIpc) is 2.49. The molecule has 1 aliphatic carbocycles. The van der Waals surface area contributed by atoms with Crippen molar-refractivity contribution in [2.75, 3.05) is 19.6 Å². The molecule has 2 aliphatic heterocycles. The van der Waals surface area contributed by atoms with Crippen molar-refractivity contribution in [3.05, 3.63) is 12.2 Å². The fraction of sp³-hybridized carbons (Fsp3) is 0.875. The number of nitrogens with zero attached hydrogens (tertiary/aromatic N) is 2. The Balaban J connectivity index is 1.82. The number of rotatable bonds is 2. The molecule has 0 amide bonds. The minimum absolute atomic E-state index is 0.0797. The molecular formula is C16H25F3N2O2S. The fourth-order valence-corrected chi connectivity index (χ4v) is 6.55. The highest BCUT2D eigenvalue weighted by Gasteiger charge is 2.52. The average molecular weight is 366 g/mol. The highest BCUT2D eigenvalue weighted by atomic mass is 32.2. The van der Waals surface area contributed by atoms with Crippen LogP contribution in [-0.4, -0.2) is 60.8 Å². The molecule has 24 heavy (non-hydrogen) atoms. The topological polar surface area (TPSA) is 40.6 Å². The van der Waals surface area contributed by atoms with Gasteiger partial charge in [-0.05, 0) is 26.2 Å². The number of hydrogen-bond acceptors (Lipinski definition) is 3. The molecular weight excluding hydrogens is 341 g/mol. The van der Waals surface area contributed by atoms with Gasteiger partial charge in [0.2, 0.25) is 10.0 Å². The van der Waals surface area contributed by atoms with E-state index in [-0.39, 0.29) is 25.4 Å². The van der Waals surface area contributed by atoms with E-state index in [1.165, 1.54) is 4.31 Å². The van der Waals surface area contributed by atoms with Gasteiger partial charge in [0.1, 0.15) is 0 Å². The summed E-state index contributed by atoms with van der Waals surface area (Å²) in [5.41, 5.74) is 0. The highest BCUT2D eigenvalue weighted by Crippen LogP contribution is 2.42. The molecule has 3 unspecified atom stereocenters. The van der Waals surface area contributed by atoms with E-state index in [0.29, 0.717) is 25.4 Å². The van der Waals surface area contributed by atoms with Crippen molar-refractivity contribution in [3.8, 4) is 0 Å². The van der Waals surface area contributed by atoms with E-state index in [1.54, 1.807) is 6.08 Å². The van der Waals surface area contributed by atoms with E-state index in [0.717, 1.165) is 13.0 Å². The van der Waals surface area contributed by atoms with Crippen LogP contribution < -0.4 is 0 Å². The van der Waals surface area contributed by atoms with E-state index in [9.17, 15) is 21.6 Å². The summed E-state index contributed by atoms with van der Waals surface area (Å²) in [7, 11) is -3.96. The van der Waals surface area contributed by atoms with Gasteiger partial charge in [-0.1, -0.05) is 25.0 Å². The third kappa shape index (κ3) is 3.37. The number of sulfonamides is 1. The van der Waals surface area contributed by atoms with Crippen LogP contribution in [0.3, 0.4) is 0 Å². The lowest BCUT2D eigenvalue weighted by Crippen LogP contribution is -2.61. The first kappa shape index (κ1) is 18.2. The maximum absolute atomic E-state index is 13.3. The van der Waals surface area contributed by atoms with E-state index in [4.69, 9.17) is 0 Å². The molecule has 1 saturated heterocycles. The van der Waals surface area contributed by atoms with Crippen LogP contribution >= 0.6 is 0 Å². The van der Waals surface area contributed by atoms with Gasteiger partial charge in [0, 0.05) is 31.7 Å². The number of hydrogen-bond donors (Lipinski definition) is 0. The molecule has 3 aliphatic rings. The van der Waals surface area contributed by atoms with Crippen molar-refractivity contribution < 1.29 is 21.6 Å². The summed E-state index contributed by atoms with van der Waals surface area (Å²) >= 11 is 0. The van der Waals surface area contributed by atoms with Gasteiger partial charge < -0.3 is 0 Å². The Kier molecular flexibility index (Phi) is 5.01. The smallest absolute Gasteiger partial charge is 0.293 e. The first-order valence-electron chi connectivity index (χ1n) is 8.67. The lowest BCUT2D eigenvalue weighted by atomic mass is 9.88. The number of halogens is 3. The van der Waals surface area contributed by atoms with Crippen LogP contribution in [0.25, 0.3) is 0 Å². The zero-order chi connectivity index (χ0) is 17.5. The molecule has 0 aromatic heterocycles. The monoisotopic (exact) mass is 366 g/mol. The molecule has 4 atom stereocenters. The third-order valence-electron chi connectivity index (χ3n) is 5.72. The molecule has 3 rings (SSSR count). The highest BCUT2D eigenvalue weighted by molar-refractivity contribution is 7.89. The van der Waals surface area contributed by atoms with Crippen LogP contribution in [0, 0.1) is 5.92 Å². The van der Waals surface area contributed by atoms with Crippen LogP contribution in [0.1, 0.15) is 39.0 Å². The zero-order valence-electron chi connectivity index (χ0n) is 13.9. The summed E-state index contributed by atoms with van der Waals surface area (Å²) in [5.74, 6) is -1.73. The largest absolute Gasteiger partial charge is 0.393 e. The van der Waals surface area contributed by atoms with Gasteiger partial charge in [0.25, 0.3) is 0 Å². The molecule has 0 aromatic rings. The first-order chi connectivity index (χ1) is 11.2. The molecule has 0 aromatic carbocycles. The summed E-state index contributed by atoms with van der Waals surface area (Å²) in [6, 6.07) is 0.521. The van der Waals surface area contributed by atoms with Crippen molar-refractivity contribution >= 4 is 10.0 Å². The quantitative estimate of drug-likeness (QED) is 0.706. The van der Waals surface area contributed by atoms with Gasteiger partial charge in [-0.25, -0.2) is 8.42 Å². The zero-order valence-corrected chi connectivity index (χ0v) is 14.7. The predicted octanol–water partition coefficient (Wildman–Crippen LogP) is 2.77. The van der Waals surface area contributed by atoms with Crippen molar-refractivity contribution in [1.29, 1.82) is 0 Å². The summed E-state index contributed by atoms with van der Waals surface area (Å²) in [6.45, 7) is 3.36. The van der Waals surface area contributed by atoms with Crippen LogP contribution in [-0.2, 0) is 10.0 Å².